The van der Waals surface area contributed by atoms with Crippen LogP contribution in [0.15, 0.2) is 60.8 Å². The van der Waals surface area contributed by atoms with Crippen LogP contribution in [0.3, 0.4) is 0 Å². The van der Waals surface area contributed by atoms with Crippen molar-refractivity contribution in [3.63, 3.8) is 0 Å². The van der Waals surface area contributed by atoms with Crippen LogP contribution in [-0.4, -0.2) is 19.9 Å². The molecule has 0 saturated carbocycles. The predicted molar refractivity (Wildman–Crippen MR) is 189 cm³/mol. The molecule has 0 spiro atoms. The summed E-state index contributed by atoms with van der Waals surface area (Å²) in [5.41, 5.74) is 9.16. The van der Waals surface area contributed by atoms with Crippen molar-refractivity contribution in [2.45, 2.75) is 136 Å². The zero-order chi connectivity index (χ0) is 31.5. The van der Waals surface area contributed by atoms with Gasteiger partial charge in [0.2, 0.25) is 0 Å². The fraction of sp³-hybridized carbons (Fsp3) is 0.512. The molecule has 0 fully saturated rings. The number of hydrogen-bond donors (Lipinski definition) is 0. The summed E-state index contributed by atoms with van der Waals surface area (Å²) in [4.78, 5) is 18.9. The van der Waals surface area contributed by atoms with Gasteiger partial charge in [-0.25, -0.2) is 15.0 Å². The summed E-state index contributed by atoms with van der Waals surface area (Å²) in [5, 5.41) is 0. The van der Waals surface area contributed by atoms with Crippen molar-refractivity contribution in [1.29, 1.82) is 0 Å². The summed E-state index contributed by atoms with van der Waals surface area (Å²) in [6.07, 6.45) is 22.0. The van der Waals surface area contributed by atoms with Crippen LogP contribution in [0, 0.1) is 0 Å². The van der Waals surface area contributed by atoms with E-state index in [1.165, 1.54) is 112 Å². The Morgan fingerprint density at radius 3 is 1.71 bits per heavy atom. The second-order valence-corrected chi connectivity index (χ2v) is 13.1. The highest BCUT2D eigenvalue weighted by Crippen LogP contribution is 2.54. The smallest absolute Gasteiger partial charge is 0.164 e. The molecule has 0 amide bonds. The molecule has 0 bridgehead atoms. The predicted octanol–water partition coefficient (Wildman–Crippen LogP) is 11.5. The van der Waals surface area contributed by atoms with E-state index in [0.29, 0.717) is 0 Å². The van der Waals surface area contributed by atoms with Crippen LogP contribution in [0.25, 0.3) is 33.8 Å². The molecule has 45 heavy (non-hydrogen) atoms. The lowest BCUT2D eigenvalue weighted by atomic mass is 9.70. The van der Waals surface area contributed by atoms with Crippen molar-refractivity contribution in [1.82, 2.24) is 19.9 Å². The van der Waals surface area contributed by atoms with Crippen molar-refractivity contribution in [2.24, 2.45) is 0 Å². The molecule has 0 N–H and O–H groups in total. The fourth-order valence-electron chi connectivity index (χ4n) is 7.30. The second-order valence-electron chi connectivity index (χ2n) is 13.1. The van der Waals surface area contributed by atoms with Gasteiger partial charge in [0.05, 0.1) is 5.69 Å². The number of benzene rings is 2. The van der Waals surface area contributed by atoms with Gasteiger partial charge in [-0.05, 0) is 53.3 Å². The summed E-state index contributed by atoms with van der Waals surface area (Å²) in [6, 6.07) is 20.7. The minimum atomic E-state index is 0.0787. The molecule has 1 aliphatic rings. The first-order valence-corrected chi connectivity index (χ1v) is 18.1. The molecule has 4 heteroatoms. The van der Waals surface area contributed by atoms with Gasteiger partial charge in [-0.2, -0.15) is 0 Å². The number of hydrogen-bond acceptors (Lipinski definition) is 4. The molecule has 2 aromatic carbocycles. The van der Waals surface area contributed by atoms with Gasteiger partial charge in [0.1, 0.15) is 11.6 Å². The third-order valence-corrected chi connectivity index (χ3v) is 9.86. The molecule has 2 aromatic heterocycles. The van der Waals surface area contributed by atoms with Crippen LogP contribution in [0.2, 0.25) is 0 Å². The molecule has 0 radical (unpaired) electrons. The number of nitrogens with zero attached hydrogens (tertiary/aromatic N) is 4. The molecule has 5 rings (SSSR count). The molecular formula is C41H54N4. The van der Waals surface area contributed by atoms with E-state index >= 15 is 0 Å². The maximum absolute atomic E-state index is 4.97. The zero-order valence-corrected chi connectivity index (χ0v) is 28.4. The van der Waals surface area contributed by atoms with Gasteiger partial charge in [-0.1, -0.05) is 141 Å². The average Bonchev–Trinajstić information content (AvgIpc) is 3.36. The first-order chi connectivity index (χ1) is 22.1. The van der Waals surface area contributed by atoms with Gasteiger partial charge in [-0.3, -0.25) is 4.98 Å². The van der Waals surface area contributed by atoms with Crippen LogP contribution in [0.1, 0.15) is 140 Å². The standard InChI is InChI=1S/C41H54N4/c1-5-9-11-13-15-19-27-41(28-20-16-14-12-10-6-2)35-22-18-17-21-33(35)34-25-23-31(29-36(34)41)37-26-24-32(30-42-37)40-44-38(7-3)43-39(8-4)45-40/h17-18,21-26,29-30H,5-16,19-20,27-28H2,1-4H3. The fourth-order valence-corrected chi connectivity index (χ4v) is 7.30. The van der Waals surface area contributed by atoms with E-state index in [9.17, 15) is 0 Å². The summed E-state index contributed by atoms with van der Waals surface area (Å²) in [7, 11) is 0. The lowest BCUT2D eigenvalue weighted by Gasteiger charge is -2.33. The van der Waals surface area contributed by atoms with Gasteiger partial charge < -0.3 is 0 Å². The molecule has 4 aromatic rings. The number of fused-ring (bicyclic) bond motifs is 3. The number of rotatable bonds is 18. The highest BCUT2D eigenvalue weighted by molar-refractivity contribution is 5.83. The van der Waals surface area contributed by atoms with Gasteiger partial charge in [0.15, 0.2) is 5.82 Å². The van der Waals surface area contributed by atoms with Gasteiger partial charge in [-0.15, -0.1) is 0 Å². The normalized spacial score (nSPS) is 13.2. The maximum atomic E-state index is 4.97. The van der Waals surface area contributed by atoms with E-state index in [1.54, 1.807) is 5.56 Å². The molecule has 4 nitrogen and oxygen atoms in total. The van der Waals surface area contributed by atoms with Crippen LogP contribution in [0.4, 0.5) is 0 Å². The Balaban J connectivity index is 1.46. The summed E-state index contributed by atoms with van der Waals surface area (Å²) >= 11 is 0. The molecule has 0 unspecified atom stereocenters. The monoisotopic (exact) mass is 602 g/mol. The van der Waals surface area contributed by atoms with E-state index in [0.717, 1.165) is 41.6 Å². The van der Waals surface area contributed by atoms with E-state index in [-0.39, 0.29) is 5.41 Å². The van der Waals surface area contributed by atoms with Crippen LogP contribution in [0.5, 0.6) is 0 Å². The first kappa shape index (κ1) is 33.0. The molecule has 0 aliphatic heterocycles. The molecular weight excluding hydrogens is 548 g/mol. The van der Waals surface area contributed by atoms with Gasteiger partial charge >= 0.3 is 0 Å². The highest BCUT2D eigenvalue weighted by Gasteiger charge is 2.42. The third kappa shape index (κ3) is 7.71. The topological polar surface area (TPSA) is 51.6 Å². The minimum Gasteiger partial charge on any atom is -0.255 e. The lowest BCUT2D eigenvalue weighted by Crippen LogP contribution is -2.25. The summed E-state index contributed by atoms with van der Waals surface area (Å²) in [6.45, 7) is 8.79. The molecule has 238 valence electrons. The van der Waals surface area contributed by atoms with Crippen LogP contribution >= 0.6 is 0 Å². The van der Waals surface area contributed by atoms with Crippen LogP contribution in [-0.2, 0) is 18.3 Å². The Kier molecular flexibility index (Phi) is 11.9. The number of unbranched alkanes of at least 4 members (excludes halogenated alkanes) is 10. The van der Waals surface area contributed by atoms with E-state index < -0.39 is 0 Å². The molecule has 2 heterocycles. The van der Waals surface area contributed by atoms with Crippen molar-refractivity contribution in [3.8, 4) is 33.8 Å². The minimum absolute atomic E-state index is 0.0787. The Morgan fingerprint density at radius 1 is 0.533 bits per heavy atom. The SMILES string of the molecule is CCCCCCCCC1(CCCCCCCC)c2ccccc2-c2ccc(-c3ccc(-c4nc(CC)nc(CC)n4)cn3)cc21. The Morgan fingerprint density at radius 2 is 1.11 bits per heavy atom. The zero-order valence-electron chi connectivity index (χ0n) is 28.4. The number of pyridine rings is 1. The highest BCUT2D eigenvalue weighted by atomic mass is 15.0. The largest absolute Gasteiger partial charge is 0.255 e. The van der Waals surface area contributed by atoms with Crippen molar-refractivity contribution in [3.05, 3.63) is 83.6 Å². The third-order valence-electron chi connectivity index (χ3n) is 9.86. The van der Waals surface area contributed by atoms with Crippen molar-refractivity contribution in [2.75, 3.05) is 0 Å². The molecule has 0 atom stereocenters. The average molecular weight is 603 g/mol. The van der Waals surface area contributed by atoms with Crippen molar-refractivity contribution >= 4 is 0 Å². The van der Waals surface area contributed by atoms with E-state index in [4.69, 9.17) is 15.0 Å². The number of aromatic nitrogens is 4. The second kappa shape index (κ2) is 16.2. The van der Waals surface area contributed by atoms with Gasteiger partial charge in [0.25, 0.3) is 0 Å². The van der Waals surface area contributed by atoms with Crippen LogP contribution < -0.4 is 0 Å². The van der Waals surface area contributed by atoms with Gasteiger partial charge in [0, 0.05) is 35.6 Å². The summed E-state index contributed by atoms with van der Waals surface area (Å²) < 4.78 is 0. The van der Waals surface area contributed by atoms with Crippen molar-refractivity contribution < 1.29 is 0 Å². The van der Waals surface area contributed by atoms with E-state index in [2.05, 4.69) is 87.3 Å². The molecule has 0 saturated heterocycles. The lowest BCUT2D eigenvalue weighted by molar-refractivity contribution is 0.398. The molecule has 1 aliphatic carbocycles. The Hall–Kier alpha value is -3.40. The number of aryl methyl sites for hydroxylation is 2. The Labute approximate surface area is 272 Å². The summed E-state index contributed by atoms with van der Waals surface area (Å²) in [5.74, 6) is 2.40. The van der Waals surface area contributed by atoms with E-state index in [1.807, 2.05) is 6.20 Å². The first-order valence-electron chi connectivity index (χ1n) is 18.1. The quantitative estimate of drug-likeness (QED) is 0.106. The maximum Gasteiger partial charge on any atom is 0.164 e. The Bertz CT molecular complexity index is 1470.